The van der Waals surface area contributed by atoms with Crippen molar-refractivity contribution in [1.82, 2.24) is 9.97 Å². The fourth-order valence-corrected chi connectivity index (χ4v) is 2.10. The highest BCUT2D eigenvalue weighted by molar-refractivity contribution is 6.04. The normalized spacial score (nSPS) is 10.7. The Hall–Kier alpha value is -2.62. The van der Waals surface area contributed by atoms with Crippen LogP contribution in [0.2, 0.25) is 0 Å². The van der Waals surface area contributed by atoms with Crippen molar-refractivity contribution >= 4 is 22.6 Å². The Bertz CT molecular complexity index is 747. The average Bonchev–Trinajstić information content (AvgIpc) is 2.90. The van der Waals surface area contributed by atoms with Gasteiger partial charge in [-0.3, -0.25) is 4.79 Å². The van der Waals surface area contributed by atoms with Crippen molar-refractivity contribution < 1.29 is 4.79 Å². The molecule has 1 aromatic heterocycles. The van der Waals surface area contributed by atoms with Gasteiger partial charge in [0.25, 0.3) is 5.91 Å². The third-order valence-electron chi connectivity index (χ3n) is 3.16. The van der Waals surface area contributed by atoms with Crippen LogP contribution in [0.3, 0.4) is 0 Å². The Morgan fingerprint density at radius 3 is 2.75 bits per heavy atom. The quantitative estimate of drug-likeness (QED) is 0.762. The molecule has 0 saturated carbocycles. The first kappa shape index (κ1) is 12.4. The van der Waals surface area contributed by atoms with Gasteiger partial charge in [-0.1, -0.05) is 25.1 Å². The number of rotatable bonds is 3. The first-order valence-electron chi connectivity index (χ1n) is 6.61. The standard InChI is InChI=1S/C16H15N3O/c1-2-15-18-13-9-8-12(10-14(13)19-15)17-16(20)11-6-4-3-5-7-11/h3-10H,2H2,1H3,(H,17,20)(H,18,19). The van der Waals surface area contributed by atoms with E-state index in [1.54, 1.807) is 12.1 Å². The molecule has 0 aliphatic rings. The fourth-order valence-electron chi connectivity index (χ4n) is 2.10. The van der Waals surface area contributed by atoms with Crippen LogP contribution in [0.15, 0.2) is 48.5 Å². The van der Waals surface area contributed by atoms with Gasteiger partial charge in [0.2, 0.25) is 0 Å². The maximum absolute atomic E-state index is 12.1. The van der Waals surface area contributed by atoms with Crippen LogP contribution in [0, 0.1) is 0 Å². The van der Waals surface area contributed by atoms with E-state index in [0.717, 1.165) is 29.0 Å². The van der Waals surface area contributed by atoms with Gasteiger partial charge in [0.05, 0.1) is 11.0 Å². The molecule has 0 bridgehead atoms. The molecule has 3 aromatic rings. The number of aromatic nitrogens is 2. The number of fused-ring (bicyclic) bond motifs is 1. The number of H-pyrrole nitrogens is 1. The first-order valence-corrected chi connectivity index (χ1v) is 6.61. The van der Waals surface area contributed by atoms with Crippen molar-refractivity contribution in [3.8, 4) is 0 Å². The molecule has 0 spiro atoms. The molecule has 20 heavy (non-hydrogen) atoms. The van der Waals surface area contributed by atoms with Crippen LogP contribution in [0.5, 0.6) is 0 Å². The molecule has 0 atom stereocenters. The van der Waals surface area contributed by atoms with Crippen LogP contribution in [-0.2, 0) is 6.42 Å². The molecule has 0 unspecified atom stereocenters. The van der Waals surface area contributed by atoms with E-state index in [4.69, 9.17) is 0 Å². The third-order valence-corrected chi connectivity index (χ3v) is 3.16. The lowest BCUT2D eigenvalue weighted by Crippen LogP contribution is -2.11. The van der Waals surface area contributed by atoms with Crippen LogP contribution >= 0.6 is 0 Å². The molecule has 4 nitrogen and oxygen atoms in total. The van der Waals surface area contributed by atoms with E-state index in [1.807, 2.05) is 36.4 Å². The van der Waals surface area contributed by atoms with Gasteiger partial charge in [0.15, 0.2) is 0 Å². The number of hydrogen-bond acceptors (Lipinski definition) is 2. The predicted octanol–water partition coefficient (Wildman–Crippen LogP) is 3.38. The Balaban J connectivity index is 1.85. The van der Waals surface area contributed by atoms with Crippen molar-refractivity contribution in [2.24, 2.45) is 0 Å². The zero-order chi connectivity index (χ0) is 13.9. The van der Waals surface area contributed by atoms with Crippen LogP contribution in [0.4, 0.5) is 5.69 Å². The maximum Gasteiger partial charge on any atom is 0.255 e. The van der Waals surface area contributed by atoms with Crippen molar-refractivity contribution in [2.45, 2.75) is 13.3 Å². The minimum atomic E-state index is -0.111. The minimum absolute atomic E-state index is 0.111. The van der Waals surface area contributed by atoms with E-state index in [2.05, 4.69) is 22.2 Å². The molecule has 4 heteroatoms. The summed E-state index contributed by atoms with van der Waals surface area (Å²) in [5, 5.41) is 2.89. The number of anilines is 1. The third kappa shape index (κ3) is 2.40. The van der Waals surface area contributed by atoms with Gasteiger partial charge in [0, 0.05) is 17.7 Å². The average molecular weight is 265 g/mol. The van der Waals surface area contributed by atoms with Crippen LogP contribution < -0.4 is 5.32 Å². The molecule has 3 rings (SSSR count). The Morgan fingerprint density at radius 1 is 1.20 bits per heavy atom. The van der Waals surface area contributed by atoms with Gasteiger partial charge in [-0.2, -0.15) is 0 Å². The molecule has 2 aromatic carbocycles. The highest BCUT2D eigenvalue weighted by atomic mass is 16.1. The molecular weight excluding hydrogens is 250 g/mol. The monoisotopic (exact) mass is 265 g/mol. The van der Waals surface area contributed by atoms with Crippen molar-refractivity contribution in [2.75, 3.05) is 5.32 Å². The SMILES string of the molecule is CCc1nc2ccc(NC(=O)c3ccccc3)cc2[nH]1. The van der Waals surface area contributed by atoms with Crippen LogP contribution in [0.1, 0.15) is 23.1 Å². The van der Waals surface area contributed by atoms with Crippen molar-refractivity contribution in [3.05, 3.63) is 59.9 Å². The zero-order valence-corrected chi connectivity index (χ0v) is 11.2. The summed E-state index contributed by atoms with van der Waals surface area (Å²) in [6.45, 7) is 2.05. The Kier molecular flexibility index (Phi) is 3.21. The summed E-state index contributed by atoms with van der Waals surface area (Å²) in [6, 6.07) is 14.8. The summed E-state index contributed by atoms with van der Waals surface area (Å²) in [5.74, 6) is 0.840. The molecule has 0 aliphatic carbocycles. The molecule has 0 saturated heterocycles. The van der Waals surface area contributed by atoms with Crippen LogP contribution in [0.25, 0.3) is 11.0 Å². The summed E-state index contributed by atoms with van der Waals surface area (Å²) < 4.78 is 0. The van der Waals surface area contributed by atoms with E-state index in [1.165, 1.54) is 0 Å². The summed E-state index contributed by atoms with van der Waals surface area (Å²) in [4.78, 5) is 19.8. The smallest absolute Gasteiger partial charge is 0.255 e. The number of carbonyl (C=O) groups excluding carboxylic acids is 1. The molecule has 100 valence electrons. The van der Waals surface area contributed by atoms with E-state index in [-0.39, 0.29) is 5.91 Å². The lowest BCUT2D eigenvalue weighted by atomic mass is 10.2. The molecule has 0 radical (unpaired) electrons. The number of aryl methyl sites for hydroxylation is 1. The maximum atomic E-state index is 12.1. The summed E-state index contributed by atoms with van der Waals surface area (Å²) >= 11 is 0. The van der Waals surface area contributed by atoms with E-state index in [9.17, 15) is 4.79 Å². The van der Waals surface area contributed by atoms with Gasteiger partial charge in [-0.15, -0.1) is 0 Å². The number of nitrogens with zero attached hydrogens (tertiary/aromatic N) is 1. The van der Waals surface area contributed by atoms with Crippen molar-refractivity contribution in [3.63, 3.8) is 0 Å². The van der Waals surface area contributed by atoms with Gasteiger partial charge >= 0.3 is 0 Å². The van der Waals surface area contributed by atoms with Gasteiger partial charge in [-0.05, 0) is 30.3 Å². The minimum Gasteiger partial charge on any atom is -0.342 e. The predicted molar refractivity (Wildman–Crippen MR) is 79.9 cm³/mol. The molecule has 1 amide bonds. The number of amides is 1. The van der Waals surface area contributed by atoms with Gasteiger partial charge in [0.1, 0.15) is 5.82 Å². The molecular formula is C16H15N3O. The molecule has 0 aliphatic heterocycles. The highest BCUT2D eigenvalue weighted by Crippen LogP contribution is 2.18. The summed E-state index contributed by atoms with van der Waals surface area (Å²) in [6.07, 6.45) is 0.861. The second kappa shape index (κ2) is 5.17. The number of aromatic amines is 1. The first-order chi connectivity index (χ1) is 9.76. The topological polar surface area (TPSA) is 57.8 Å². The van der Waals surface area contributed by atoms with E-state index >= 15 is 0 Å². The number of imidazole rings is 1. The summed E-state index contributed by atoms with van der Waals surface area (Å²) in [5.41, 5.74) is 3.26. The molecule has 2 N–H and O–H groups in total. The van der Waals surface area contributed by atoms with E-state index < -0.39 is 0 Å². The number of benzene rings is 2. The fraction of sp³-hybridized carbons (Fsp3) is 0.125. The number of hydrogen-bond donors (Lipinski definition) is 2. The largest absolute Gasteiger partial charge is 0.342 e. The van der Waals surface area contributed by atoms with E-state index in [0.29, 0.717) is 5.56 Å². The zero-order valence-electron chi connectivity index (χ0n) is 11.2. The molecule has 0 fully saturated rings. The van der Waals surface area contributed by atoms with Gasteiger partial charge < -0.3 is 10.3 Å². The second-order valence-corrected chi connectivity index (χ2v) is 4.59. The Morgan fingerprint density at radius 2 is 2.00 bits per heavy atom. The van der Waals surface area contributed by atoms with Crippen LogP contribution in [-0.4, -0.2) is 15.9 Å². The Labute approximate surface area is 116 Å². The number of carbonyl (C=O) groups is 1. The molecule has 1 heterocycles. The number of nitrogens with one attached hydrogen (secondary N) is 2. The lowest BCUT2D eigenvalue weighted by Gasteiger charge is -2.04. The second-order valence-electron chi connectivity index (χ2n) is 4.59. The highest BCUT2D eigenvalue weighted by Gasteiger charge is 2.07. The van der Waals surface area contributed by atoms with Crippen molar-refractivity contribution in [1.29, 1.82) is 0 Å². The summed E-state index contributed by atoms with van der Waals surface area (Å²) in [7, 11) is 0. The lowest BCUT2D eigenvalue weighted by molar-refractivity contribution is 0.102. The van der Waals surface area contributed by atoms with Gasteiger partial charge in [-0.25, -0.2) is 4.98 Å².